The van der Waals surface area contributed by atoms with E-state index in [-0.39, 0.29) is 17.9 Å². The van der Waals surface area contributed by atoms with Crippen LogP contribution in [0.1, 0.15) is 56.9 Å². The highest BCUT2D eigenvalue weighted by Crippen LogP contribution is 2.33. The van der Waals surface area contributed by atoms with Crippen LogP contribution in [0.15, 0.2) is 28.7 Å². The number of rotatable bonds is 3. The summed E-state index contributed by atoms with van der Waals surface area (Å²) in [4.78, 5) is 12.7. The van der Waals surface area contributed by atoms with Crippen molar-refractivity contribution in [3.63, 3.8) is 0 Å². The number of para-hydroxylation sites is 1. The Morgan fingerprint density at radius 3 is 2.83 bits per heavy atom. The van der Waals surface area contributed by atoms with Crippen molar-refractivity contribution in [2.24, 2.45) is 11.7 Å². The lowest BCUT2D eigenvalue weighted by Gasteiger charge is -2.37. The molecule has 0 spiro atoms. The normalized spacial score (nSPS) is 26.2. The third-order valence-electron chi connectivity index (χ3n) is 5.20. The molecular weight excluding hydrogens is 288 g/mol. The van der Waals surface area contributed by atoms with E-state index in [4.69, 9.17) is 10.2 Å². The molecule has 3 N–H and O–H groups in total. The molecule has 1 aliphatic carbocycles. The molecule has 0 saturated heterocycles. The van der Waals surface area contributed by atoms with E-state index in [1.165, 1.54) is 0 Å². The van der Waals surface area contributed by atoms with Gasteiger partial charge in [0, 0.05) is 16.5 Å². The van der Waals surface area contributed by atoms with Crippen molar-refractivity contribution in [3.05, 3.63) is 35.6 Å². The fraction of sp³-hybridized carbons (Fsp3) is 0.526. The van der Waals surface area contributed by atoms with E-state index in [1.807, 2.05) is 45.0 Å². The zero-order chi connectivity index (χ0) is 16.6. The first-order chi connectivity index (χ1) is 10.9. The molecule has 0 radical (unpaired) electrons. The number of nitrogens with two attached hydrogens (primary N) is 1. The van der Waals surface area contributed by atoms with Crippen molar-refractivity contribution in [1.29, 1.82) is 0 Å². The number of carbonyl (C=O) groups excluding carboxylic acids is 1. The van der Waals surface area contributed by atoms with Gasteiger partial charge in [0.25, 0.3) is 0 Å². The van der Waals surface area contributed by atoms with Gasteiger partial charge in [-0.05, 0) is 39.7 Å². The summed E-state index contributed by atoms with van der Waals surface area (Å²) in [5.74, 6) is 0.750. The van der Waals surface area contributed by atoms with Gasteiger partial charge >= 0.3 is 0 Å². The average molecular weight is 314 g/mol. The SMILES string of the molecule is Cc1c(C(C)NC(=O)C2CCCCC2(C)N)oc2ccccc12. The lowest BCUT2D eigenvalue weighted by atomic mass is 9.74. The Balaban J connectivity index is 1.79. The number of furan rings is 1. The first-order valence-corrected chi connectivity index (χ1v) is 8.47. The van der Waals surface area contributed by atoms with Crippen LogP contribution < -0.4 is 11.1 Å². The maximum atomic E-state index is 12.7. The van der Waals surface area contributed by atoms with E-state index in [9.17, 15) is 4.79 Å². The lowest BCUT2D eigenvalue weighted by molar-refractivity contribution is -0.128. The van der Waals surface area contributed by atoms with Crippen LogP contribution in [0, 0.1) is 12.8 Å². The smallest absolute Gasteiger partial charge is 0.225 e. The molecule has 3 unspecified atom stereocenters. The molecule has 0 bridgehead atoms. The Bertz CT molecular complexity index is 717. The largest absolute Gasteiger partial charge is 0.459 e. The number of fused-ring (bicyclic) bond motifs is 1. The van der Waals surface area contributed by atoms with Gasteiger partial charge in [0.05, 0.1) is 12.0 Å². The van der Waals surface area contributed by atoms with Crippen LogP contribution in [-0.2, 0) is 4.79 Å². The van der Waals surface area contributed by atoms with Gasteiger partial charge in [0.15, 0.2) is 0 Å². The Hall–Kier alpha value is -1.81. The molecule has 4 nitrogen and oxygen atoms in total. The summed E-state index contributed by atoms with van der Waals surface area (Å²) in [6, 6.07) is 7.80. The fourth-order valence-electron chi connectivity index (χ4n) is 3.77. The standard InChI is InChI=1S/C19H26N2O2/c1-12-14-8-4-5-10-16(14)23-17(12)13(2)21-18(22)15-9-6-7-11-19(15,3)20/h4-5,8,10,13,15H,6-7,9,11,20H2,1-3H3,(H,21,22). The van der Waals surface area contributed by atoms with E-state index in [0.717, 1.165) is 48.0 Å². The molecule has 1 saturated carbocycles. The quantitative estimate of drug-likeness (QED) is 0.904. The van der Waals surface area contributed by atoms with Gasteiger partial charge in [-0.2, -0.15) is 0 Å². The minimum absolute atomic E-state index is 0.0436. The lowest BCUT2D eigenvalue weighted by Crippen LogP contribution is -2.53. The molecule has 0 aliphatic heterocycles. The van der Waals surface area contributed by atoms with Crippen molar-refractivity contribution in [1.82, 2.24) is 5.32 Å². The molecule has 3 atom stereocenters. The van der Waals surface area contributed by atoms with Gasteiger partial charge in [0.1, 0.15) is 11.3 Å². The molecule has 1 aromatic heterocycles. The fourth-order valence-corrected chi connectivity index (χ4v) is 3.77. The molecular formula is C19H26N2O2. The Kier molecular flexibility index (Phi) is 4.19. The second kappa shape index (κ2) is 6.00. The van der Waals surface area contributed by atoms with Gasteiger partial charge in [-0.3, -0.25) is 4.79 Å². The second-order valence-corrected chi connectivity index (χ2v) is 7.12. The molecule has 1 aromatic carbocycles. The molecule has 1 amide bonds. The Morgan fingerprint density at radius 2 is 2.13 bits per heavy atom. The number of aryl methyl sites for hydroxylation is 1. The number of amides is 1. The van der Waals surface area contributed by atoms with Crippen molar-refractivity contribution < 1.29 is 9.21 Å². The van der Waals surface area contributed by atoms with Crippen molar-refractivity contribution >= 4 is 16.9 Å². The molecule has 3 rings (SSSR count). The zero-order valence-electron chi connectivity index (χ0n) is 14.2. The summed E-state index contributed by atoms with van der Waals surface area (Å²) >= 11 is 0. The van der Waals surface area contributed by atoms with Gasteiger partial charge in [-0.15, -0.1) is 0 Å². The van der Waals surface area contributed by atoms with Crippen LogP contribution in [0.3, 0.4) is 0 Å². The monoisotopic (exact) mass is 314 g/mol. The molecule has 2 aromatic rings. The molecule has 124 valence electrons. The summed E-state index contributed by atoms with van der Waals surface area (Å²) in [7, 11) is 0. The van der Waals surface area contributed by atoms with E-state index >= 15 is 0 Å². The van der Waals surface area contributed by atoms with E-state index in [2.05, 4.69) is 5.32 Å². The number of benzene rings is 1. The van der Waals surface area contributed by atoms with Crippen molar-refractivity contribution in [3.8, 4) is 0 Å². The summed E-state index contributed by atoms with van der Waals surface area (Å²) in [6.07, 6.45) is 3.95. The molecule has 4 heteroatoms. The summed E-state index contributed by atoms with van der Waals surface area (Å²) in [6.45, 7) is 6.00. The first-order valence-electron chi connectivity index (χ1n) is 8.47. The van der Waals surface area contributed by atoms with E-state index in [0.29, 0.717) is 0 Å². The number of carbonyl (C=O) groups is 1. The minimum atomic E-state index is -0.412. The molecule has 1 heterocycles. The Morgan fingerprint density at radius 1 is 1.39 bits per heavy atom. The predicted molar refractivity (Wildman–Crippen MR) is 92.1 cm³/mol. The maximum absolute atomic E-state index is 12.7. The minimum Gasteiger partial charge on any atom is -0.459 e. The zero-order valence-corrected chi connectivity index (χ0v) is 14.2. The van der Waals surface area contributed by atoms with Crippen LogP contribution in [-0.4, -0.2) is 11.4 Å². The van der Waals surface area contributed by atoms with Crippen LogP contribution >= 0.6 is 0 Å². The second-order valence-electron chi connectivity index (χ2n) is 7.12. The van der Waals surface area contributed by atoms with E-state index < -0.39 is 5.54 Å². The van der Waals surface area contributed by atoms with Crippen LogP contribution in [0.5, 0.6) is 0 Å². The summed E-state index contributed by atoms with van der Waals surface area (Å²) in [5, 5.41) is 4.21. The number of nitrogens with one attached hydrogen (secondary N) is 1. The first kappa shape index (κ1) is 16.1. The predicted octanol–water partition coefficient (Wildman–Crippen LogP) is 3.83. The number of hydrogen-bond acceptors (Lipinski definition) is 3. The number of hydrogen-bond donors (Lipinski definition) is 2. The maximum Gasteiger partial charge on any atom is 0.225 e. The molecule has 1 aliphatic rings. The topological polar surface area (TPSA) is 68.3 Å². The van der Waals surface area contributed by atoms with E-state index in [1.54, 1.807) is 0 Å². The average Bonchev–Trinajstić information content (AvgIpc) is 2.84. The summed E-state index contributed by atoms with van der Waals surface area (Å²) in [5.41, 5.74) is 7.89. The summed E-state index contributed by atoms with van der Waals surface area (Å²) < 4.78 is 5.95. The van der Waals surface area contributed by atoms with Crippen molar-refractivity contribution in [2.45, 2.75) is 58.0 Å². The highest BCUT2D eigenvalue weighted by atomic mass is 16.3. The van der Waals surface area contributed by atoms with Crippen LogP contribution in [0.2, 0.25) is 0 Å². The van der Waals surface area contributed by atoms with Crippen molar-refractivity contribution in [2.75, 3.05) is 0 Å². The van der Waals surface area contributed by atoms with Gasteiger partial charge < -0.3 is 15.5 Å². The van der Waals surface area contributed by atoms with Gasteiger partial charge in [-0.25, -0.2) is 0 Å². The third-order valence-corrected chi connectivity index (χ3v) is 5.20. The van der Waals surface area contributed by atoms with Crippen LogP contribution in [0.4, 0.5) is 0 Å². The third kappa shape index (κ3) is 3.00. The highest BCUT2D eigenvalue weighted by molar-refractivity contribution is 5.83. The van der Waals surface area contributed by atoms with Crippen LogP contribution in [0.25, 0.3) is 11.0 Å². The highest BCUT2D eigenvalue weighted by Gasteiger charge is 2.38. The van der Waals surface area contributed by atoms with Gasteiger partial charge in [0.2, 0.25) is 5.91 Å². The Labute approximate surface area is 137 Å². The molecule has 23 heavy (non-hydrogen) atoms. The molecule has 1 fully saturated rings. The van der Waals surface area contributed by atoms with Gasteiger partial charge in [-0.1, -0.05) is 31.0 Å².